The number of rotatable bonds is 5. The fraction of sp³-hybridized carbons (Fsp3) is 0.481. The van der Waals surface area contributed by atoms with Crippen LogP contribution in [0.4, 0.5) is 4.39 Å². The molecule has 1 aliphatic heterocycles. The summed E-state index contributed by atoms with van der Waals surface area (Å²) in [6.07, 6.45) is 4.06. The minimum absolute atomic E-state index is 0.322. The lowest BCUT2D eigenvalue weighted by Gasteiger charge is -2.41. The van der Waals surface area contributed by atoms with Crippen molar-refractivity contribution >= 4 is 6.08 Å². The molecule has 2 aromatic carbocycles. The Labute approximate surface area is 191 Å². The molecule has 0 unspecified atom stereocenters. The van der Waals surface area contributed by atoms with E-state index in [9.17, 15) is 9.50 Å². The molecule has 0 atom stereocenters. The lowest BCUT2D eigenvalue weighted by Crippen LogP contribution is -2.44. The van der Waals surface area contributed by atoms with Crippen molar-refractivity contribution in [3.63, 3.8) is 0 Å². The van der Waals surface area contributed by atoms with Crippen LogP contribution in [0.3, 0.4) is 0 Å². The molecule has 2 aromatic rings. The quantitative estimate of drug-likeness (QED) is 0.600. The van der Waals surface area contributed by atoms with E-state index in [1.165, 1.54) is 6.07 Å². The molecule has 0 aromatic heterocycles. The molecule has 2 aliphatic rings. The SMILES string of the molecule is C/C(=C\c1cc(OCc2ccccc2)c(C)cc1F)C1(O)CCC2(CC1)OCCO2.CC. The Hall–Kier alpha value is -2.21. The van der Waals surface area contributed by atoms with Gasteiger partial charge in [-0.3, -0.25) is 0 Å². The first-order chi connectivity index (χ1) is 15.4. The van der Waals surface area contributed by atoms with E-state index in [2.05, 4.69) is 0 Å². The first-order valence-corrected chi connectivity index (χ1v) is 11.6. The van der Waals surface area contributed by atoms with Crippen LogP contribution >= 0.6 is 0 Å². The van der Waals surface area contributed by atoms with Crippen LogP contribution < -0.4 is 4.74 Å². The first kappa shape index (κ1) is 24.4. The van der Waals surface area contributed by atoms with Crippen molar-refractivity contribution in [1.29, 1.82) is 0 Å². The Kier molecular flexibility index (Phi) is 8.10. The van der Waals surface area contributed by atoms with Crippen molar-refractivity contribution in [3.8, 4) is 5.75 Å². The zero-order chi connectivity index (χ0) is 23.2. The minimum atomic E-state index is -0.983. The van der Waals surface area contributed by atoms with E-state index in [4.69, 9.17) is 14.2 Å². The van der Waals surface area contributed by atoms with Gasteiger partial charge in [0.15, 0.2) is 5.79 Å². The zero-order valence-corrected chi connectivity index (χ0v) is 19.6. The fourth-order valence-electron chi connectivity index (χ4n) is 4.26. The number of aryl methyl sites for hydroxylation is 1. The summed E-state index contributed by atoms with van der Waals surface area (Å²) in [6, 6.07) is 13.1. The molecule has 4 nitrogen and oxygen atoms in total. The first-order valence-electron chi connectivity index (χ1n) is 11.6. The molecule has 1 saturated heterocycles. The van der Waals surface area contributed by atoms with Crippen LogP contribution in [0.1, 0.15) is 63.1 Å². The van der Waals surface area contributed by atoms with E-state index in [1.54, 1.807) is 12.1 Å². The summed E-state index contributed by atoms with van der Waals surface area (Å²) in [4.78, 5) is 0. The van der Waals surface area contributed by atoms with Gasteiger partial charge in [0.2, 0.25) is 0 Å². The van der Waals surface area contributed by atoms with Gasteiger partial charge in [0.25, 0.3) is 0 Å². The molecule has 1 N–H and O–H groups in total. The van der Waals surface area contributed by atoms with Gasteiger partial charge in [-0.05, 0) is 55.5 Å². The highest BCUT2D eigenvalue weighted by atomic mass is 19.1. The molecule has 4 rings (SSSR count). The predicted molar refractivity (Wildman–Crippen MR) is 125 cm³/mol. The van der Waals surface area contributed by atoms with E-state index in [0.717, 1.165) is 16.7 Å². The largest absolute Gasteiger partial charge is 0.489 e. The van der Waals surface area contributed by atoms with E-state index in [0.29, 0.717) is 56.8 Å². The molecule has 1 saturated carbocycles. The third-order valence-electron chi connectivity index (χ3n) is 6.29. The van der Waals surface area contributed by atoms with Gasteiger partial charge < -0.3 is 19.3 Å². The molecule has 32 heavy (non-hydrogen) atoms. The molecular formula is C27H35FO4. The van der Waals surface area contributed by atoms with Gasteiger partial charge in [-0.25, -0.2) is 4.39 Å². The van der Waals surface area contributed by atoms with Crippen LogP contribution in [-0.2, 0) is 16.1 Å². The van der Waals surface area contributed by atoms with Crippen molar-refractivity contribution in [2.24, 2.45) is 0 Å². The highest BCUT2D eigenvalue weighted by molar-refractivity contribution is 5.58. The van der Waals surface area contributed by atoms with Crippen LogP contribution in [0.2, 0.25) is 0 Å². The smallest absolute Gasteiger partial charge is 0.168 e. The third kappa shape index (κ3) is 5.58. The van der Waals surface area contributed by atoms with Crippen LogP contribution in [0, 0.1) is 12.7 Å². The number of halogens is 1. The molecule has 1 heterocycles. The second kappa shape index (κ2) is 10.6. The summed E-state index contributed by atoms with van der Waals surface area (Å²) in [5.41, 5.74) is 1.97. The molecule has 1 aliphatic carbocycles. The monoisotopic (exact) mass is 442 g/mol. The van der Waals surface area contributed by atoms with E-state index in [-0.39, 0.29) is 5.82 Å². The summed E-state index contributed by atoms with van der Waals surface area (Å²) in [5, 5.41) is 11.2. The van der Waals surface area contributed by atoms with Gasteiger partial charge in [-0.1, -0.05) is 50.3 Å². The third-order valence-corrected chi connectivity index (χ3v) is 6.29. The maximum Gasteiger partial charge on any atom is 0.168 e. The van der Waals surface area contributed by atoms with Crippen LogP contribution in [-0.4, -0.2) is 29.7 Å². The highest BCUT2D eigenvalue weighted by Crippen LogP contribution is 2.43. The molecule has 0 bridgehead atoms. The van der Waals surface area contributed by atoms with Gasteiger partial charge in [0.1, 0.15) is 18.2 Å². The Balaban J connectivity index is 0.00000141. The summed E-state index contributed by atoms with van der Waals surface area (Å²) >= 11 is 0. The normalized spacial score (nSPS) is 19.4. The Morgan fingerprint density at radius 3 is 2.31 bits per heavy atom. The van der Waals surface area contributed by atoms with Crippen LogP contribution in [0.25, 0.3) is 6.08 Å². The number of aliphatic hydroxyl groups is 1. The van der Waals surface area contributed by atoms with E-state index < -0.39 is 11.4 Å². The van der Waals surface area contributed by atoms with Crippen molar-refractivity contribution in [3.05, 3.63) is 70.5 Å². The summed E-state index contributed by atoms with van der Waals surface area (Å²) in [6.45, 7) is 9.32. The number of hydrogen-bond donors (Lipinski definition) is 1. The lowest BCUT2D eigenvalue weighted by molar-refractivity contribution is -0.197. The van der Waals surface area contributed by atoms with E-state index in [1.807, 2.05) is 58.0 Å². The van der Waals surface area contributed by atoms with Crippen molar-refractivity contribution in [1.82, 2.24) is 0 Å². The van der Waals surface area contributed by atoms with Crippen LogP contribution in [0.5, 0.6) is 5.75 Å². The van der Waals surface area contributed by atoms with Gasteiger partial charge in [-0.15, -0.1) is 0 Å². The second-order valence-electron chi connectivity index (χ2n) is 8.38. The van der Waals surface area contributed by atoms with Gasteiger partial charge >= 0.3 is 0 Å². The maximum atomic E-state index is 14.7. The Morgan fingerprint density at radius 2 is 1.69 bits per heavy atom. The van der Waals surface area contributed by atoms with Crippen molar-refractivity contribution in [2.45, 2.75) is 71.4 Å². The minimum Gasteiger partial charge on any atom is -0.489 e. The van der Waals surface area contributed by atoms with Gasteiger partial charge in [0, 0.05) is 18.4 Å². The molecule has 174 valence electrons. The average Bonchev–Trinajstić information content (AvgIpc) is 3.27. The summed E-state index contributed by atoms with van der Waals surface area (Å²) in [7, 11) is 0. The molecule has 2 fully saturated rings. The Morgan fingerprint density at radius 1 is 1.06 bits per heavy atom. The molecule has 0 radical (unpaired) electrons. The number of benzene rings is 2. The van der Waals surface area contributed by atoms with Crippen LogP contribution in [0.15, 0.2) is 48.0 Å². The van der Waals surface area contributed by atoms with Crippen molar-refractivity contribution in [2.75, 3.05) is 13.2 Å². The number of hydrogen-bond acceptors (Lipinski definition) is 4. The molecule has 1 spiro atoms. The standard InChI is InChI=1S/C25H29FO4.C2H6/c1-18-14-22(26)21(16-23(18)28-17-20-6-4-3-5-7-20)15-19(2)24(27)8-10-25(11-9-24)29-12-13-30-25;1-2/h3-7,14-16,27H,8-13,17H2,1-2H3;1-2H3/b19-15+;. The van der Waals surface area contributed by atoms with Gasteiger partial charge in [-0.2, -0.15) is 0 Å². The molecule has 0 amide bonds. The Bertz CT molecular complexity index is 907. The number of ether oxygens (including phenoxy) is 3. The summed E-state index contributed by atoms with van der Waals surface area (Å²) in [5.74, 6) is -0.223. The zero-order valence-electron chi connectivity index (χ0n) is 19.6. The predicted octanol–water partition coefficient (Wildman–Crippen LogP) is 6.19. The average molecular weight is 443 g/mol. The highest BCUT2D eigenvalue weighted by Gasteiger charge is 2.46. The lowest BCUT2D eigenvalue weighted by atomic mass is 9.76. The second-order valence-corrected chi connectivity index (χ2v) is 8.38. The molecule has 5 heteroatoms. The van der Waals surface area contributed by atoms with E-state index >= 15 is 0 Å². The maximum absolute atomic E-state index is 14.7. The summed E-state index contributed by atoms with van der Waals surface area (Å²) < 4.78 is 32.1. The van der Waals surface area contributed by atoms with Crippen molar-refractivity contribution < 1.29 is 23.7 Å². The van der Waals surface area contributed by atoms with Gasteiger partial charge in [0.05, 0.1) is 18.8 Å². The molecular weight excluding hydrogens is 407 g/mol. The topological polar surface area (TPSA) is 47.9 Å². The fourth-order valence-corrected chi connectivity index (χ4v) is 4.26.